The molecule has 8 nitrogen and oxygen atoms in total. The number of carbonyl (C=O) groups is 2. The molecule has 1 aromatic carbocycles. The van der Waals surface area contributed by atoms with Gasteiger partial charge in [0.2, 0.25) is 5.76 Å². The van der Waals surface area contributed by atoms with Gasteiger partial charge in [-0.15, -0.1) is 0 Å². The Labute approximate surface area is 140 Å². The highest BCUT2D eigenvalue weighted by Gasteiger charge is 2.13. The number of nitrogens with zero attached hydrogens (tertiary/aromatic N) is 2. The summed E-state index contributed by atoms with van der Waals surface area (Å²) in [5.41, 5.74) is 1.93. The van der Waals surface area contributed by atoms with E-state index >= 15 is 0 Å². The fourth-order valence-corrected chi connectivity index (χ4v) is 2.86. The summed E-state index contributed by atoms with van der Waals surface area (Å²) >= 11 is 1.28. The standard InChI is InChI=1S/C15H14N4O4S/c1-3-22-15(21)18-14-17-10-5-4-9(7-12(10)24-14)16-13(20)11-6-8(2)19-23-11/h4-7H,3H2,1-2H3,(H,16,20)(H,17,18,21). The van der Waals surface area contributed by atoms with Crippen LogP contribution >= 0.6 is 11.3 Å². The Morgan fingerprint density at radius 3 is 2.83 bits per heavy atom. The van der Waals surface area contributed by atoms with E-state index in [0.29, 0.717) is 22.0 Å². The molecule has 0 spiro atoms. The van der Waals surface area contributed by atoms with Gasteiger partial charge in [-0.2, -0.15) is 0 Å². The molecule has 3 aromatic rings. The van der Waals surface area contributed by atoms with Crippen LogP contribution in [0.25, 0.3) is 10.2 Å². The van der Waals surface area contributed by atoms with Crippen LogP contribution < -0.4 is 10.6 Å². The van der Waals surface area contributed by atoms with Crippen LogP contribution in [-0.2, 0) is 4.74 Å². The number of ether oxygens (including phenoxy) is 1. The number of nitrogens with one attached hydrogen (secondary N) is 2. The van der Waals surface area contributed by atoms with E-state index in [1.807, 2.05) is 0 Å². The summed E-state index contributed by atoms with van der Waals surface area (Å²) in [6.07, 6.45) is -0.550. The summed E-state index contributed by atoms with van der Waals surface area (Å²) in [6.45, 7) is 3.75. The molecule has 3 rings (SSSR count). The van der Waals surface area contributed by atoms with Crippen LogP contribution in [0.15, 0.2) is 28.8 Å². The zero-order valence-electron chi connectivity index (χ0n) is 13.0. The molecule has 0 radical (unpaired) electrons. The number of aryl methyl sites for hydroxylation is 1. The van der Waals surface area contributed by atoms with Gasteiger partial charge in [0.1, 0.15) is 0 Å². The lowest BCUT2D eigenvalue weighted by Crippen LogP contribution is -2.12. The maximum Gasteiger partial charge on any atom is 0.413 e. The molecule has 0 unspecified atom stereocenters. The lowest BCUT2D eigenvalue weighted by Gasteiger charge is -2.01. The summed E-state index contributed by atoms with van der Waals surface area (Å²) in [6, 6.07) is 6.80. The van der Waals surface area contributed by atoms with Gasteiger partial charge in [0.05, 0.1) is 22.5 Å². The number of fused-ring (bicyclic) bond motifs is 1. The molecule has 0 aliphatic heterocycles. The van der Waals surface area contributed by atoms with Crippen molar-refractivity contribution in [2.45, 2.75) is 13.8 Å². The van der Waals surface area contributed by atoms with Gasteiger partial charge in [-0.1, -0.05) is 16.5 Å². The molecule has 124 valence electrons. The fourth-order valence-electron chi connectivity index (χ4n) is 1.97. The lowest BCUT2D eigenvalue weighted by molar-refractivity contribution is 0.0988. The maximum atomic E-state index is 12.1. The van der Waals surface area contributed by atoms with Crippen molar-refractivity contribution in [2.24, 2.45) is 0 Å². The highest BCUT2D eigenvalue weighted by Crippen LogP contribution is 2.28. The third-order valence-electron chi connectivity index (χ3n) is 2.98. The summed E-state index contributed by atoms with van der Waals surface area (Å²) < 4.78 is 10.5. The van der Waals surface area contributed by atoms with E-state index in [-0.39, 0.29) is 18.3 Å². The average molecular weight is 346 g/mol. The van der Waals surface area contributed by atoms with Crippen LogP contribution in [0.5, 0.6) is 0 Å². The minimum absolute atomic E-state index is 0.140. The Bertz CT molecular complexity index is 902. The minimum atomic E-state index is -0.550. The molecule has 9 heteroatoms. The van der Waals surface area contributed by atoms with Gasteiger partial charge in [0.15, 0.2) is 5.13 Å². The van der Waals surface area contributed by atoms with Gasteiger partial charge in [0.25, 0.3) is 5.91 Å². The van der Waals surface area contributed by atoms with Crippen molar-refractivity contribution in [1.29, 1.82) is 0 Å². The first-order valence-corrected chi connectivity index (χ1v) is 7.96. The highest BCUT2D eigenvalue weighted by atomic mass is 32.1. The second-order valence-electron chi connectivity index (χ2n) is 4.83. The molecule has 0 saturated carbocycles. The van der Waals surface area contributed by atoms with E-state index in [2.05, 4.69) is 20.8 Å². The Hall–Kier alpha value is -2.94. The molecule has 24 heavy (non-hydrogen) atoms. The van der Waals surface area contributed by atoms with Crippen molar-refractivity contribution in [3.63, 3.8) is 0 Å². The summed E-state index contributed by atoms with van der Waals surface area (Å²) in [5, 5.41) is 9.39. The Morgan fingerprint density at radius 2 is 2.12 bits per heavy atom. The molecule has 2 N–H and O–H groups in total. The summed E-state index contributed by atoms with van der Waals surface area (Å²) in [5.74, 6) is -0.245. The Balaban J connectivity index is 1.76. The van der Waals surface area contributed by atoms with Crippen molar-refractivity contribution in [1.82, 2.24) is 10.1 Å². The molecule has 0 bridgehead atoms. The Kier molecular flexibility index (Phi) is 4.43. The van der Waals surface area contributed by atoms with E-state index in [0.717, 1.165) is 4.70 Å². The summed E-state index contributed by atoms with van der Waals surface area (Å²) in [7, 11) is 0. The van der Waals surface area contributed by atoms with Crippen molar-refractivity contribution >= 4 is 44.4 Å². The zero-order valence-corrected chi connectivity index (χ0v) is 13.8. The third-order valence-corrected chi connectivity index (χ3v) is 3.92. The van der Waals surface area contributed by atoms with E-state index in [4.69, 9.17) is 9.26 Å². The summed E-state index contributed by atoms with van der Waals surface area (Å²) in [4.78, 5) is 27.8. The average Bonchev–Trinajstić information content (AvgIpc) is 3.12. The maximum absolute atomic E-state index is 12.1. The van der Waals surface area contributed by atoms with Crippen LogP contribution in [0.1, 0.15) is 23.2 Å². The van der Waals surface area contributed by atoms with Gasteiger partial charge in [-0.3, -0.25) is 10.1 Å². The number of rotatable bonds is 4. The third kappa shape index (κ3) is 3.51. The van der Waals surface area contributed by atoms with E-state index in [1.54, 1.807) is 38.1 Å². The number of amides is 2. The number of benzene rings is 1. The van der Waals surface area contributed by atoms with Crippen molar-refractivity contribution in [3.05, 3.63) is 35.7 Å². The van der Waals surface area contributed by atoms with Crippen LogP contribution in [-0.4, -0.2) is 28.7 Å². The molecule has 2 heterocycles. The van der Waals surface area contributed by atoms with Gasteiger partial charge >= 0.3 is 6.09 Å². The molecular weight excluding hydrogens is 332 g/mol. The first kappa shape index (κ1) is 15.9. The van der Waals surface area contributed by atoms with Crippen LogP contribution in [0.3, 0.4) is 0 Å². The quantitative estimate of drug-likeness (QED) is 0.750. The van der Waals surface area contributed by atoms with Crippen LogP contribution in [0.4, 0.5) is 15.6 Å². The second-order valence-corrected chi connectivity index (χ2v) is 5.86. The molecule has 2 aromatic heterocycles. The van der Waals surface area contributed by atoms with Crippen LogP contribution in [0, 0.1) is 6.92 Å². The predicted octanol–water partition coefficient (Wildman–Crippen LogP) is 3.41. The predicted molar refractivity (Wildman–Crippen MR) is 89.5 cm³/mol. The molecule has 0 aliphatic rings. The number of carbonyl (C=O) groups excluding carboxylic acids is 2. The number of anilines is 2. The second kappa shape index (κ2) is 6.67. The minimum Gasteiger partial charge on any atom is -0.450 e. The van der Waals surface area contributed by atoms with E-state index < -0.39 is 6.09 Å². The van der Waals surface area contributed by atoms with Crippen LogP contribution in [0.2, 0.25) is 0 Å². The number of hydrogen-bond donors (Lipinski definition) is 2. The molecule has 0 saturated heterocycles. The SMILES string of the molecule is CCOC(=O)Nc1nc2ccc(NC(=O)c3cc(C)no3)cc2s1. The zero-order chi connectivity index (χ0) is 17.1. The molecule has 0 fully saturated rings. The topological polar surface area (TPSA) is 106 Å². The highest BCUT2D eigenvalue weighted by molar-refractivity contribution is 7.22. The number of thiazole rings is 1. The normalized spacial score (nSPS) is 10.6. The molecule has 2 amide bonds. The fraction of sp³-hybridized carbons (Fsp3) is 0.200. The number of hydrogen-bond acceptors (Lipinski definition) is 7. The first-order chi connectivity index (χ1) is 11.5. The molecular formula is C15H14N4O4S. The van der Waals surface area contributed by atoms with E-state index in [1.165, 1.54) is 11.3 Å². The monoisotopic (exact) mass is 346 g/mol. The lowest BCUT2D eigenvalue weighted by atomic mass is 10.3. The van der Waals surface area contributed by atoms with E-state index in [9.17, 15) is 9.59 Å². The van der Waals surface area contributed by atoms with Gasteiger partial charge in [-0.25, -0.2) is 9.78 Å². The smallest absolute Gasteiger partial charge is 0.413 e. The van der Waals surface area contributed by atoms with Gasteiger partial charge in [-0.05, 0) is 32.0 Å². The molecule has 0 atom stereocenters. The van der Waals surface area contributed by atoms with Crippen molar-refractivity contribution in [3.8, 4) is 0 Å². The van der Waals surface area contributed by atoms with Crippen molar-refractivity contribution in [2.75, 3.05) is 17.2 Å². The largest absolute Gasteiger partial charge is 0.450 e. The van der Waals surface area contributed by atoms with Gasteiger partial charge < -0.3 is 14.6 Å². The van der Waals surface area contributed by atoms with Crippen molar-refractivity contribution < 1.29 is 18.8 Å². The van der Waals surface area contributed by atoms with Gasteiger partial charge in [0, 0.05) is 11.8 Å². The first-order valence-electron chi connectivity index (χ1n) is 7.14. The Morgan fingerprint density at radius 1 is 1.29 bits per heavy atom. The number of aromatic nitrogens is 2. The molecule has 0 aliphatic carbocycles.